The van der Waals surface area contributed by atoms with E-state index >= 15 is 0 Å². The van der Waals surface area contributed by atoms with Crippen molar-refractivity contribution < 1.29 is 18.4 Å². The van der Waals surface area contributed by atoms with Crippen molar-refractivity contribution in [2.45, 2.75) is 19.5 Å². The minimum atomic E-state index is -0.817. The lowest BCUT2D eigenvalue weighted by molar-refractivity contribution is -0.122. The number of carbonyl (C=O) groups is 2. The highest BCUT2D eigenvalue weighted by Crippen LogP contribution is 2.28. The third-order valence-corrected chi connectivity index (χ3v) is 4.37. The molecule has 0 radical (unpaired) electrons. The van der Waals surface area contributed by atoms with Gasteiger partial charge in [-0.05, 0) is 25.1 Å². The number of aromatic nitrogens is 1. The average Bonchev–Trinajstić information content (AvgIpc) is 2.68. The summed E-state index contributed by atoms with van der Waals surface area (Å²) in [6.45, 7) is 0.978. The first-order valence-corrected chi connectivity index (χ1v) is 8.46. The molecule has 0 unspecified atom stereocenters. The number of benzene rings is 1. The van der Waals surface area contributed by atoms with Crippen LogP contribution in [0.2, 0.25) is 0 Å². The number of nitrogens with zero attached hydrogens (tertiary/aromatic N) is 4. The predicted octanol–water partition coefficient (Wildman–Crippen LogP) is 2.33. The van der Waals surface area contributed by atoms with Crippen molar-refractivity contribution >= 4 is 17.6 Å². The molecule has 2 N–H and O–H groups in total. The summed E-state index contributed by atoms with van der Waals surface area (Å²) >= 11 is 0. The number of anilines is 1. The first-order valence-electron chi connectivity index (χ1n) is 8.46. The summed E-state index contributed by atoms with van der Waals surface area (Å²) in [6.07, 6.45) is 1.19. The number of halogens is 2. The normalized spacial score (nSPS) is 13.6. The molecule has 0 bridgehead atoms. The standard InChI is InChI=1S/C19H14F2N6O2/c1-10(18-15(21)4-11(5-22)7-24-18)25-17(28)9-27-8-13-12(6-23)14(20)2-3-16(13)26-19(27)29/h2-4,7,10H,8-9H2,1H3,(H,25,28)(H,26,29)/t10-/m0/s1. The Labute approximate surface area is 164 Å². The lowest BCUT2D eigenvalue weighted by Gasteiger charge is -2.29. The highest BCUT2D eigenvalue weighted by atomic mass is 19.1. The molecule has 2 heterocycles. The van der Waals surface area contributed by atoms with Crippen LogP contribution < -0.4 is 10.6 Å². The van der Waals surface area contributed by atoms with Crippen LogP contribution in [0.3, 0.4) is 0 Å². The molecule has 1 aliphatic heterocycles. The van der Waals surface area contributed by atoms with Crippen molar-refractivity contribution in [3.8, 4) is 12.1 Å². The van der Waals surface area contributed by atoms with Crippen LogP contribution in [0.25, 0.3) is 0 Å². The molecule has 1 aliphatic rings. The second kappa shape index (κ2) is 7.90. The van der Waals surface area contributed by atoms with Crippen LogP contribution >= 0.6 is 0 Å². The molecular formula is C19H14F2N6O2. The molecule has 8 nitrogen and oxygen atoms in total. The summed E-state index contributed by atoms with van der Waals surface area (Å²) in [5.74, 6) is -2.06. The molecule has 1 aromatic carbocycles. The van der Waals surface area contributed by atoms with Crippen LogP contribution in [0.5, 0.6) is 0 Å². The van der Waals surface area contributed by atoms with Gasteiger partial charge in [-0.2, -0.15) is 10.5 Å². The summed E-state index contributed by atoms with van der Waals surface area (Å²) in [7, 11) is 0. The summed E-state index contributed by atoms with van der Waals surface area (Å²) in [5.41, 5.74) is 0.369. The van der Waals surface area contributed by atoms with Crippen molar-refractivity contribution in [1.29, 1.82) is 10.5 Å². The van der Waals surface area contributed by atoms with Crippen LogP contribution in [0, 0.1) is 34.3 Å². The maximum Gasteiger partial charge on any atom is 0.322 e. The van der Waals surface area contributed by atoms with Crippen molar-refractivity contribution in [2.24, 2.45) is 0 Å². The summed E-state index contributed by atoms with van der Waals surface area (Å²) < 4.78 is 27.9. The van der Waals surface area contributed by atoms with E-state index in [1.165, 1.54) is 19.2 Å². The maximum absolute atomic E-state index is 14.0. The Morgan fingerprint density at radius 2 is 2.10 bits per heavy atom. The second-order valence-electron chi connectivity index (χ2n) is 6.34. The van der Waals surface area contributed by atoms with Gasteiger partial charge in [0.25, 0.3) is 0 Å². The minimum Gasteiger partial charge on any atom is -0.346 e. The number of nitrogens with one attached hydrogen (secondary N) is 2. The fourth-order valence-electron chi connectivity index (χ4n) is 2.96. The van der Waals surface area contributed by atoms with E-state index in [0.717, 1.165) is 17.0 Å². The highest BCUT2D eigenvalue weighted by Gasteiger charge is 2.28. The van der Waals surface area contributed by atoms with Crippen LogP contribution in [0.4, 0.5) is 19.3 Å². The number of amides is 3. The number of pyridine rings is 1. The second-order valence-corrected chi connectivity index (χ2v) is 6.34. The van der Waals surface area contributed by atoms with Gasteiger partial charge in [0.05, 0.1) is 29.4 Å². The van der Waals surface area contributed by atoms with E-state index in [2.05, 4.69) is 15.6 Å². The Hall–Kier alpha value is -4.05. The average molecular weight is 396 g/mol. The zero-order valence-corrected chi connectivity index (χ0v) is 15.2. The SMILES string of the molecule is C[C@H](NC(=O)CN1Cc2c(ccc(F)c2C#N)NC1=O)c1ncc(C#N)cc1F. The Kier molecular flexibility index (Phi) is 5.37. The monoisotopic (exact) mass is 396 g/mol. The maximum atomic E-state index is 14.0. The fourth-order valence-corrected chi connectivity index (χ4v) is 2.96. The predicted molar refractivity (Wildman–Crippen MR) is 96.0 cm³/mol. The van der Waals surface area contributed by atoms with Gasteiger partial charge in [-0.15, -0.1) is 0 Å². The Morgan fingerprint density at radius 1 is 1.34 bits per heavy atom. The topological polar surface area (TPSA) is 122 Å². The molecule has 3 rings (SSSR count). The molecule has 1 atom stereocenters. The summed E-state index contributed by atoms with van der Waals surface area (Å²) in [4.78, 5) is 29.5. The van der Waals surface area contributed by atoms with Gasteiger partial charge in [0.2, 0.25) is 5.91 Å². The highest BCUT2D eigenvalue weighted by molar-refractivity contribution is 5.95. The molecule has 3 amide bonds. The lowest BCUT2D eigenvalue weighted by Crippen LogP contribution is -2.45. The molecule has 1 aromatic heterocycles. The zero-order chi connectivity index (χ0) is 21.1. The van der Waals surface area contributed by atoms with Crippen molar-refractivity contribution in [2.75, 3.05) is 11.9 Å². The molecule has 0 spiro atoms. The number of urea groups is 1. The lowest BCUT2D eigenvalue weighted by atomic mass is 10.0. The van der Waals surface area contributed by atoms with Crippen LogP contribution in [-0.2, 0) is 11.3 Å². The van der Waals surface area contributed by atoms with E-state index in [9.17, 15) is 18.4 Å². The van der Waals surface area contributed by atoms with Gasteiger partial charge in [0.15, 0.2) is 0 Å². The molecule has 0 aliphatic carbocycles. The molecule has 10 heteroatoms. The largest absolute Gasteiger partial charge is 0.346 e. The van der Waals surface area contributed by atoms with Crippen molar-refractivity contribution in [3.05, 3.63) is 58.4 Å². The van der Waals surface area contributed by atoms with Crippen LogP contribution in [0.1, 0.15) is 35.3 Å². The van der Waals surface area contributed by atoms with Crippen LogP contribution in [-0.4, -0.2) is 28.4 Å². The van der Waals surface area contributed by atoms with Gasteiger partial charge in [-0.3, -0.25) is 9.78 Å². The smallest absolute Gasteiger partial charge is 0.322 e. The zero-order valence-electron chi connectivity index (χ0n) is 15.2. The molecular weight excluding hydrogens is 382 g/mol. The van der Waals surface area contributed by atoms with E-state index in [0.29, 0.717) is 5.69 Å². The number of hydrogen-bond acceptors (Lipinski definition) is 5. The quantitative estimate of drug-likeness (QED) is 0.821. The minimum absolute atomic E-state index is 0.0500. The summed E-state index contributed by atoms with van der Waals surface area (Å²) in [6, 6.07) is 5.56. The summed E-state index contributed by atoms with van der Waals surface area (Å²) in [5, 5.41) is 22.9. The van der Waals surface area contributed by atoms with Gasteiger partial charge >= 0.3 is 6.03 Å². The van der Waals surface area contributed by atoms with Crippen molar-refractivity contribution in [3.63, 3.8) is 0 Å². The molecule has 0 saturated carbocycles. The number of nitriles is 2. The van der Waals surface area contributed by atoms with Gasteiger partial charge in [-0.1, -0.05) is 0 Å². The van der Waals surface area contributed by atoms with Gasteiger partial charge in [0, 0.05) is 17.4 Å². The third kappa shape index (κ3) is 3.96. The first-order chi connectivity index (χ1) is 13.8. The van der Waals surface area contributed by atoms with E-state index in [4.69, 9.17) is 10.5 Å². The third-order valence-electron chi connectivity index (χ3n) is 4.37. The van der Waals surface area contributed by atoms with E-state index in [1.807, 2.05) is 0 Å². The van der Waals surface area contributed by atoms with Gasteiger partial charge in [0.1, 0.15) is 30.3 Å². The fraction of sp³-hybridized carbons (Fsp3) is 0.211. The van der Waals surface area contributed by atoms with E-state index < -0.39 is 36.2 Å². The van der Waals surface area contributed by atoms with Gasteiger partial charge < -0.3 is 15.5 Å². The molecule has 0 fully saturated rings. The van der Waals surface area contributed by atoms with Gasteiger partial charge in [-0.25, -0.2) is 13.6 Å². The van der Waals surface area contributed by atoms with E-state index in [1.54, 1.807) is 12.1 Å². The Bertz CT molecular complexity index is 1090. The van der Waals surface area contributed by atoms with Crippen molar-refractivity contribution in [1.82, 2.24) is 15.2 Å². The Morgan fingerprint density at radius 3 is 2.76 bits per heavy atom. The van der Waals surface area contributed by atoms with Crippen LogP contribution in [0.15, 0.2) is 24.4 Å². The molecule has 146 valence electrons. The van der Waals surface area contributed by atoms with E-state index in [-0.39, 0.29) is 28.9 Å². The first kappa shape index (κ1) is 19.7. The molecule has 29 heavy (non-hydrogen) atoms. The molecule has 0 saturated heterocycles. The number of fused-ring (bicyclic) bond motifs is 1. The number of carbonyl (C=O) groups excluding carboxylic acids is 2. The molecule has 2 aromatic rings. The number of rotatable bonds is 4. The number of hydrogen-bond donors (Lipinski definition) is 2. The Balaban J connectivity index is 1.71.